The van der Waals surface area contributed by atoms with Gasteiger partial charge in [-0.2, -0.15) is 0 Å². The Morgan fingerprint density at radius 2 is 1.64 bits per heavy atom. The Bertz CT molecular complexity index is 203. The molecule has 57 valence electrons. The van der Waals surface area contributed by atoms with Gasteiger partial charge >= 0.3 is 0 Å². The number of aryl methyl sites for hydroxylation is 1. The first kappa shape index (κ1) is 11.6. The van der Waals surface area contributed by atoms with Gasteiger partial charge in [-0.25, -0.2) is 0 Å². The minimum atomic E-state index is -0.0967. The molecule has 1 aromatic carbocycles. The van der Waals surface area contributed by atoms with Gasteiger partial charge in [0, 0.05) is 44.1 Å². The Morgan fingerprint density at radius 3 is 2.00 bits per heavy atom. The van der Waals surface area contributed by atoms with Crippen LogP contribution in [0.3, 0.4) is 0 Å². The summed E-state index contributed by atoms with van der Waals surface area (Å²) < 4.78 is 0. The smallest absolute Gasteiger partial charge is 0 e. The first-order valence-electron chi connectivity index (χ1n) is 3.48. The summed E-state index contributed by atoms with van der Waals surface area (Å²) in [5.74, 6) is 0. The monoisotopic (exact) mass is 361 g/mol. The summed E-state index contributed by atoms with van der Waals surface area (Å²) in [5, 5.41) is 0. The van der Waals surface area contributed by atoms with Gasteiger partial charge in [-0.1, -0.05) is 42.3 Å². The molecule has 1 nitrogen and oxygen atoms in total. The van der Waals surface area contributed by atoms with Crippen LogP contribution in [0.15, 0.2) is 24.3 Å². The van der Waals surface area contributed by atoms with Crippen LogP contribution < -0.4 is 0 Å². The van der Waals surface area contributed by atoms with Crippen molar-refractivity contribution in [2.24, 2.45) is 0 Å². The van der Waals surface area contributed by atoms with E-state index in [4.69, 9.17) is 5.73 Å². The van der Waals surface area contributed by atoms with Crippen LogP contribution in [-0.4, -0.2) is 0 Å². The summed E-state index contributed by atoms with van der Waals surface area (Å²) in [6, 6.07) is 8.00. The second-order valence-electron chi connectivity index (χ2n) is 2.63. The van der Waals surface area contributed by atoms with Crippen LogP contribution >= 0.6 is 0 Å². The first-order valence-corrected chi connectivity index (χ1v) is 3.48. The molecule has 1 aromatic rings. The van der Waals surface area contributed by atoms with Gasteiger partial charge in [0.1, 0.15) is 0 Å². The molecule has 0 aliphatic rings. The first-order chi connectivity index (χ1) is 4.70. The Labute approximate surface area is 104 Å². The van der Waals surface area contributed by atoms with Gasteiger partial charge in [0.05, 0.1) is 0 Å². The van der Waals surface area contributed by atoms with Crippen LogP contribution in [0.25, 0.3) is 5.73 Å². The Hall–Kier alpha value is 0.622. The van der Waals surface area contributed by atoms with Crippen molar-refractivity contribution in [1.29, 1.82) is 0 Å². The third-order valence-corrected chi connectivity index (χ3v) is 1.58. The van der Waals surface area contributed by atoms with Crippen molar-refractivity contribution in [1.82, 2.24) is 0 Å². The van der Waals surface area contributed by atoms with Crippen LogP contribution in [0.5, 0.6) is 0 Å². The van der Waals surface area contributed by atoms with Gasteiger partial charge in [0.2, 0.25) is 0 Å². The maximum absolute atomic E-state index is 7.39. The minimum Gasteiger partial charge on any atom is -0.671 e. The molecule has 0 aliphatic heterocycles. The Kier molecular flexibility index (Phi) is 5.60. The van der Waals surface area contributed by atoms with Crippen LogP contribution in [0, 0.1) is 51.0 Å². The fourth-order valence-electron chi connectivity index (χ4n) is 0.855. The second-order valence-corrected chi connectivity index (χ2v) is 2.63. The molecule has 0 saturated carbocycles. The molecule has 1 radical (unpaired) electrons. The van der Waals surface area contributed by atoms with E-state index < -0.39 is 0 Å². The summed E-state index contributed by atoms with van der Waals surface area (Å²) in [6.45, 7) is 3.93. The zero-order chi connectivity index (χ0) is 7.56. The van der Waals surface area contributed by atoms with E-state index in [0.717, 1.165) is 5.56 Å². The summed E-state index contributed by atoms with van der Waals surface area (Å²) in [5.41, 5.74) is 9.73. The van der Waals surface area contributed by atoms with Crippen LogP contribution in [0.2, 0.25) is 0 Å². The molecule has 1 rings (SSSR count). The van der Waals surface area contributed by atoms with E-state index in [9.17, 15) is 0 Å². The summed E-state index contributed by atoms with van der Waals surface area (Å²) >= 11 is 0. The molecule has 0 amide bonds. The van der Waals surface area contributed by atoms with Gasteiger partial charge in [0.25, 0.3) is 0 Å². The largest absolute Gasteiger partial charge is 0.671 e. The molecule has 1 N–H and O–H groups in total. The number of hydrogen-bond acceptors (Lipinski definition) is 0. The zero-order valence-corrected chi connectivity index (χ0v) is 11.7. The van der Waals surface area contributed by atoms with E-state index in [-0.39, 0.29) is 50.1 Å². The predicted molar refractivity (Wildman–Crippen MR) is 43.9 cm³/mol. The molecule has 0 aliphatic carbocycles. The summed E-state index contributed by atoms with van der Waals surface area (Å²) in [6.07, 6.45) is 0. The number of rotatable bonds is 1. The van der Waals surface area contributed by atoms with E-state index in [1.807, 2.05) is 31.2 Å². The molecule has 0 spiro atoms. The molecule has 1 unspecified atom stereocenters. The molecule has 0 fully saturated rings. The van der Waals surface area contributed by atoms with Crippen molar-refractivity contribution in [2.75, 3.05) is 0 Å². The van der Waals surface area contributed by atoms with Crippen LogP contribution in [0.4, 0.5) is 0 Å². The molecule has 0 aromatic heterocycles. The molecule has 1 atom stereocenters. The minimum absolute atomic E-state index is 0. The topological polar surface area (TPSA) is 23.8 Å². The van der Waals surface area contributed by atoms with E-state index in [0.29, 0.717) is 0 Å². The SMILES string of the molecule is Cc1ccc(C(C)[NH-])cc1.[Ac]. The normalized spacial score (nSPS) is 11.9. The molecule has 0 saturated heterocycles. The van der Waals surface area contributed by atoms with Crippen molar-refractivity contribution in [3.63, 3.8) is 0 Å². The standard InChI is InChI=1S/C9H12N.Ac/c1-7-3-5-9(6-4-7)8(2)10;/h3-6,8,10H,1-2H3;/q-1;. The van der Waals surface area contributed by atoms with Crippen molar-refractivity contribution in [2.45, 2.75) is 19.9 Å². The van der Waals surface area contributed by atoms with Crippen LogP contribution in [0.1, 0.15) is 24.1 Å². The molecule has 11 heavy (non-hydrogen) atoms. The average Bonchev–Trinajstić information content (AvgIpc) is 1.88. The molecular weight excluding hydrogens is 349 g/mol. The maximum atomic E-state index is 7.39. The summed E-state index contributed by atoms with van der Waals surface area (Å²) in [7, 11) is 0. The average molecular weight is 361 g/mol. The second kappa shape index (κ2) is 5.30. The number of nitrogens with one attached hydrogen (secondary N) is 1. The predicted octanol–water partition coefficient (Wildman–Crippen LogP) is 3.11. The van der Waals surface area contributed by atoms with Gasteiger partial charge in [-0.05, 0) is 6.92 Å². The summed E-state index contributed by atoms with van der Waals surface area (Å²) in [4.78, 5) is 0. The fraction of sp³-hybridized carbons (Fsp3) is 0.333. The van der Waals surface area contributed by atoms with Gasteiger partial charge in [0.15, 0.2) is 0 Å². The molecule has 0 heterocycles. The van der Waals surface area contributed by atoms with Crippen molar-refractivity contribution < 1.29 is 44.1 Å². The van der Waals surface area contributed by atoms with E-state index in [2.05, 4.69) is 6.92 Å². The van der Waals surface area contributed by atoms with E-state index in [1.54, 1.807) is 0 Å². The van der Waals surface area contributed by atoms with Crippen LogP contribution in [-0.2, 0) is 0 Å². The Balaban J connectivity index is 0.000001000. The van der Waals surface area contributed by atoms with E-state index in [1.165, 1.54) is 5.56 Å². The maximum Gasteiger partial charge on any atom is 0 e. The molecule has 0 bridgehead atoms. The van der Waals surface area contributed by atoms with Crippen molar-refractivity contribution in [3.8, 4) is 0 Å². The Morgan fingerprint density at radius 1 is 1.18 bits per heavy atom. The third kappa shape index (κ3) is 3.69. The zero-order valence-electron chi connectivity index (χ0n) is 6.96. The van der Waals surface area contributed by atoms with Crippen molar-refractivity contribution in [3.05, 3.63) is 41.1 Å². The number of benzene rings is 1. The van der Waals surface area contributed by atoms with E-state index >= 15 is 0 Å². The fourth-order valence-corrected chi connectivity index (χ4v) is 0.855. The molecular formula is C9H12AcN-. The van der Waals surface area contributed by atoms with Crippen molar-refractivity contribution >= 4 is 0 Å². The third-order valence-electron chi connectivity index (χ3n) is 1.58. The quantitative estimate of drug-likeness (QED) is 0.734. The van der Waals surface area contributed by atoms with Gasteiger partial charge in [-0.3, -0.25) is 0 Å². The van der Waals surface area contributed by atoms with Gasteiger partial charge in [-0.15, -0.1) is 6.04 Å². The van der Waals surface area contributed by atoms with Gasteiger partial charge < -0.3 is 5.73 Å². The molecule has 2 heteroatoms. The number of hydrogen-bond donors (Lipinski definition) is 0.